The van der Waals surface area contributed by atoms with Crippen molar-refractivity contribution in [1.82, 2.24) is 10.6 Å². The van der Waals surface area contributed by atoms with E-state index in [0.29, 0.717) is 31.2 Å². The van der Waals surface area contributed by atoms with Crippen LogP contribution in [0.25, 0.3) is 0 Å². The molecule has 0 aromatic rings. The van der Waals surface area contributed by atoms with Crippen LogP contribution in [0.5, 0.6) is 0 Å². The van der Waals surface area contributed by atoms with Crippen molar-refractivity contribution >= 4 is 17.9 Å². The van der Waals surface area contributed by atoms with Gasteiger partial charge in [-0.05, 0) is 37.5 Å². The van der Waals surface area contributed by atoms with Crippen molar-refractivity contribution in [2.75, 3.05) is 6.54 Å². The van der Waals surface area contributed by atoms with Gasteiger partial charge in [-0.1, -0.05) is 19.8 Å². The van der Waals surface area contributed by atoms with Crippen LogP contribution in [0.4, 0.5) is 4.79 Å². The molecule has 0 aromatic carbocycles. The van der Waals surface area contributed by atoms with Crippen molar-refractivity contribution in [2.24, 2.45) is 11.8 Å². The van der Waals surface area contributed by atoms with Crippen LogP contribution in [0.1, 0.15) is 58.3 Å². The van der Waals surface area contributed by atoms with Gasteiger partial charge in [0.15, 0.2) is 0 Å². The molecule has 1 fully saturated rings. The van der Waals surface area contributed by atoms with Gasteiger partial charge in [-0.25, -0.2) is 4.79 Å². The molecule has 6 heteroatoms. The van der Waals surface area contributed by atoms with E-state index in [0.717, 1.165) is 12.8 Å². The van der Waals surface area contributed by atoms with Crippen LogP contribution in [0, 0.1) is 11.8 Å². The van der Waals surface area contributed by atoms with Crippen molar-refractivity contribution in [3.05, 3.63) is 0 Å². The van der Waals surface area contributed by atoms with Gasteiger partial charge in [0, 0.05) is 19.4 Å². The molecule has 3 amide bonds. The standard InChI is InChI=1S/C15H26N2O4/c1-11-5-4-6-12(9-11)10-16-15(21)17-13(18)7-2-3-8-14(19)20/h11-12H,2-10H2,1H3,(H,19,20)(H2,16,17,18,21). The van der Waals surface area contributed by atoms with E-state index in [1.165, 1.54) is 12.8 Å². The molecule has 6 nitrogen and oxygen atoms in total. The number of rotatable bonds is 7. The second kappa shape index (κ2) is 9.37. The Hall–Kier alpha value is -1.59. The molecule has 0 radical (unpaired) electrons. The largest absolute Gasteiger partial charge is 0.481 e. The Kier molecular flexibility index (Phi) is 7.79. The molecule has 0 heterocycles. The summed E-state index contributed by atoms with van der Waals surface area (Å²) in [5.74, 6) is -0.000547. The molecule has 1 rings (SSSR count). The minimum atomic E-state index is -0.866. The van der Waals surface area contributed by atoms with E-state index in [1.807, 2.05) is 0 Å². The van der Waals surface area contributed by atoms with Crippen LogP contribution in [0.2, 0.25) is 0 Å². The Morgan fingerprint density at radius 1 is 1.14 bits per heavy atom. The summed E-state index contributed by atoms with van der Waals surface area (Å²) in [6.45, 7) is 2.84. The molecule has 0 bridgehead atoms. The van der Waals surface area contributed by atoms with Gasteiger partial charge in [-0.3, -0.25) is 14.9 Å². The van der Waals surface area contributed by atoms with Crippen LogP contribution in [-0.4, -0.2) is 29.6 Å². The number of carbonyl (C=O) groups excluding carboxylic acids is 2. The highest BCUT2D eigenvalue weighted by Gasteiger charge is 2.19. The molecule has 2 unspecified atom stereocenters. The molecule has 2 atom stereocenters. The number of carboxylic acids is 1. The Morgan fingerprint density at radius 2 is 1.86 bits per heavy atom. The zero-order chi connectivity index (χ0) is 15.7. The van der Waals surface area contributed by atoms with Crippen LogP contribution in [0.3, 0.4) is 0 Å². The number of amides is 3. The van der Waals surface area contributed by atoms with E-state index >= 15 is 0 Å². The first-order chi connectivity index (χ1) is 9.97. The molecule has 0 aromatic heterocycles. The maximum Gasteiger partial charge on any atom is 0.321 e. The smallest absolute Gasteiger partial charge is 0.321 e. The lowest BCUT2D eigenvalue weighted by molar-refractivity contribution is -0.137. The van der Waals surface area contributed by atoms with E-state index in [9.17, 15) is 14.4 Å². The van der Waals surface area contributed by atoms with Crippen molar-refractivity contribution in [2.45, 2.75) is 58.3 Å². The van der Waals surface area contributed by atoms with Gasteiger partial charge in [0.05, 0.1) is 0 Å². The van der Waals surface area contributed by atoms with E-state index in [-0.39, 0.29) is 18.7 Å². The quantitative estimate of drug-likeness (QED) is 0.628. The summed E-state index contributed by atoms with van der Waals surface area (Å²) in [5, 5.41) is 13.5. The minimum absolute atomic E-state index is 0.0549. The summed E-state index contributed by atoms with van der Waals surface area (Å²) in [7, 11) is 0. The van der Waals surface area contributed by atoms with Gasteiger partial charge in [-0.2, -0.15) is 0 Å². The Balaban J connectivity index is 2.09. The SMILES string of the molecule is CC1CCCC(CNC(=O)NC(=O)CCCCC(=O)O)C1. The third-order valence-corrected chi connectivity index (χ3v) is 3.89. The molecule has 0 saturated heterocycles. The van der Waals surface area contributed by atoms with Crippen LogP contribution < -0.4 is 10.6 Å². The van der Waals surface area contributed by atoms with Gasteiger partial charge in [0.25, 0.3) is 0 Å². The Morgan fingerprint density at radius 3 is 2.52 bits per heavy atom. The maximum atomic E-state index is 11.6. The summed E-state index contributed by atoms with van der Waals surface area (Å²) in [4.78, 5) is 33.4. The first-order valence-corrected chi connectivity index (χ1v) is 7.77. The number of imide groups is 1. The molecule has 21 heavy (non-hydrogen) atoms. The van der Waals surface area contributed by atoms with Gasteiger partial charge >= 0.3 is 12.0 Å². The molecule has 0 spiro atoms. The highest BCUT2D eigenvalue weighted by molar-refractivity contribution is 5.94. The number of urea groups is 1. The highest BCUT2D eigenvalue weighted by Crippen LogP contribution is 2.27. The molecule has 3 N–H and O–H groups in total. The van der Waals surface area contributed by atoms with Gasteiger partial charge < -0.3 is 10.4 Å². The summed E-state index contributed by atoms with van der Waals surface area (Å²) in [5.41, 5.74) is 0. The van der Waals surface area contributed by atoms with Crippen LogP contribution in [0.15, 0.2) is 0 Å². The topological polar surface area (TPSA) is 95.5 Å². The average molecular weight is 298 g/mol. The number of unbranched alkanes of at least 4 members (excludes halogenated alkanes) is 1. The normalized spacial score (nSPS) is 21.6. The number of aliphatic carboxylic acids is 1. The Labute approximate surface area is 125 Å². The Bertz CT molecular complexity index is 371. The molecule has 1 saturated carbocycles. The molecular weight excluding hydrogens is 272 g/mol. The fourth-order valence-corrected chi connectivity index (χ4v) is 2.78. The lowest BCUT2D eigenvalue weighted by Gasteiger charge is -2.26. The van der Waals surface area contributed by atoms with E-state index in [4.69, 9.17) is 5.11 Å². The lowest BCUT2D eigenvalue weighted by atomic mass is 9.82. The summed E-state index contributed by atoms with van der Waals surface area (Å²) in [6, 6.07) is -0.448. The average Bonchev–Trinajstić information content (AvgIpc) is 2.41. The van der Waals surface area contributed by atoms with E-state index in [1.54, 1.807) is 0 Å². The van der Waals surface area contributed by atoms with Crippen molar-refractivity contribution < 1.29 is 19.5 Å². The number of carbonyl (C=O) groups is 3. The predicted molar refractivity (Wildman–Crippen MR) is 78.8 cm³/mol. The lowest BCUT2D eigenvalue weighted by Crippen LogP contribution is -2.41. The third kappa shape index (κ3) is 8.32. The van der Waals surface area contributed by atoms with Crippen LogP contribution in [-0.2, 0) is 9.59 Å². The first-order valence-electron chi connectivity index (χ1n) is 7.77. The zero-order valence-electron chi connectivity index (χ0n) is 12.7. The van der Waals surface area contributed by atoms with Gasteiger partial charge in [-0.15, -0.1) is 0 Å². The van der Waals surface area contributed by atoms with E-state index in [2.05, 4.69) is 17.6 Å². The summed E-state index contributed by atoms with van der Waals surface area (Å²) in [6.07, 6.45) is 5.89. The monoisotopic (exact) mass is 298 g/mol. The van der Waals surface area contributed by atoms with Crippen molar-refractivity contribution in [3.63, 3.8) is 0 Å². The maximum absolute atomic E-state index is 11.6. The number of hydrogen-bond donors (Lipinski definition) is 3. The zero-order valence-corrected chi connectivity index (χ0v) is 12.7. The second-order valence-corrected chi connectivity index (χ2v) is 6.00. The molecule has 120 valence electrons. The van der Waals surface area contributed by atoms with Crippen molar-refractivity contribution in [3.8, 4) is 0 Å². The predicted octanol–water partition coefficient (Wildman–Crippen LogP) is 2.28. The second-order valence-electron chi connectivity index (χ2n) is 6.00. The fraction of sp³-hybridized carbons (Fsp3) is 0.800. The number of carboxylic acid groups (broad SMARTS) is 1. The van der Waals surface area contributed by atoms with Gasteiger partial charge in [0.1, 0.15) is 0 Å². The molecular formula is C15H26N2O4. The molecule has 1 aliphatic rings. The highest BCUT2D eigenvalue weighted by atomic mass is 16.4. The summed E-state index contributed by atoms with van der Waals surface area (Å²) < 4.78 is 0. The minimum Gasteiger partial charge on any atom is -0.481 e. The van der Waals surface area contributed by atoms with Crippen LogP contribution >= 0.6 is 0 Å². The molecule has 0 aliphatic heterocycles. The molecule has 1 aliphatic carbocycles. The van der Waals surface area contributed by atoms with E-state index < -0.39 is 12.0 Å². The summed E-state index contributed by atoms with van der Waals surface area (Å²) >= 11 is 0. The number of hydrogen-bond acceptors (Lipinski definition) is 3. The fourth-order valence-electron chi connectivity index (χ4n) is 2.78. The number of nitrogens with one attached hydrogen (secondary N) is 2. The first kappa shape index (κ1) is 17.5. The third-order valence-electron chi connectivity index (χ3n) is 3.89. The van der Waals surface area contributed by atoms with Crippen molar-refractivity contribution in [1.29, 1.82) is 0 Å². The van der Waals surface area contributed by atoms with Gasteiger partial charge in [0.2, 0.25) is 5.91 Å².